The van der Waals surface area contributed by atoms with Crippen molar-refractivity contribution in [2.45, 2.75) is 20.3 Å². The molecule has 54 valence electrons. The van der Waals surface area contributed by atoms with E-state index < -0.39 is 0 Å². The van der Waals surface area contributed by atoms with E-state index in [0.29, 0.717) is 0 Å². The third-order valence-electron chi connectivity index (χ3n) is 1.30. The molecule has 0 saturated carbocycles. The van der Waals surface area contributed by atoms with E-state index in [0.717, 1.165) is 6.42 Å². The standard InChI is InChI=1S/C6H12ClNO/c1-3-5(2)6(9)8-4-7/h5H,3-4H2,1-2H3,(H,8,9). The van der Waals surface area contributed by atoms with Crippen molar-refractivity contribution in [3.8, 4) is 0 Å². The maximum Gasteiger partial charge on any atom is 0.223 e. The maximum atomic E-state index is 10.8. The average Bonchev–Trinajstić information content (AvgIpc) is 1.87. The molecule has 0 aromatic carbocycles. The fraction of sp³-hybridized carbons (Fsp3) is 0.833. The van der Waals surface area contributed by atoms with Crippen molar-refractivity contribution in [1.29, 1.82) is 0 Å². The van der Waals surface area contributed by atoms with Crippen molar-refractivity contribution in [3.63, 3.8) is 0 Å². The molecule has 0 saturated heterocycles. The minimum atomic E-state index is 0.0347. The summed E-state index contributed by atoms with van der Waals surface area (Å²) in [4.78, 5) is 10.8. The van der Waals surface area contributed by atoms with Crippen LogP contribution in [-0.4, -0.2) is 11.9 Å². The van der Waals surface area contributed by atoms with Gasteiger partial charge in [-0.3, -0.25) is 4.79 Å². The number of hydrogen-bond acceptors (Lipinski definition) is 1. The topological polar surface area (TPSA) is 29.1 Å². The highest BCUT2D eigenvalue weighted by Gasteiger charge is 2.07. The van der Waals surface area contributed by atoms with Gasteiger partial charge in [0.1, 0.15) is 0 Å². The van der Waals surface area contributed by atoms with Gasteiger partial charge in [-0.1, -0.05) is 13.8 Å². The second-order valence-corrected chi connectivity index (χ2v) is 2.25. The molecule has 1 amide bonds. The van der Waals surface area contributed by atoms with Crippen LogP contribution in [0.25, 0.3) is 0 Å². The molecule has 0 fully saturated rings. The molecule has 0 spiro atoms. The van der Waals surface area contributed by atoms with Gasteiger partial charge in [0.15, 0.2) is 0 Å². The first-order valence-electron chi connectivity index (χ1n) is 3.06. The van der Waals surface area contributed by atoms with Gasteiger partial charge in [-0.2, -0.15) is 0 Å². The highest BCUT2D eigenvalue weighted by Crippen LogP contribution is 1.98. The van der Waals surface area contributed by atoms with Crippen molar-refractivity contribution in [1.82, 2.24) is 5.32 Å². The molecule has 0 aliphatic carbocycles. The second kappa shape index (κ2) is 4.62. The van der Waals surface area contributed by atoms with Gasteiger partial charge in [-0.05, 0) is 6.42 Å². The summed E-state index contributed by atoms with van der Waals surface area (Å²) in [5.74, 6) is 0.122. The van der Waals surface area contributed by atoms with Crippen LogP contribution in [0.2, 0.25) is 0 Å². The first kappa shape index (κ1) is 8.76. The van der Waals surface area contributed by atoms with Gasteiger partial charge < -0.3 is 5.32 Å². The lowest BCUT2D eigenvalue weighted by molar-refractivity contribution is -0.124. The highest BCUT2D eigenvalue weighted by molar-refractivity contribution is 6.18. The number of halogens is 1. The summed E-state index contributed by atoms with van der Waals surface area (Å²) in [6.07, 6.45) is 0.864. The van der Waals surface area contributed by atoms with Gasteiger partial charge in [0, 0.05) is 5.92 Å². The molecule has 0 aromatic heterocycles. The van der Waals surface area contributed by atoms with Crippen LogP contribution in [-0.2, 0) is 4.79 Å². The Labute approximate surface area is 60.6 Å². The summed E-state index contributed by atoms with van der Waals surface area (Å²) < 4.78 is 0. The SMILES string of the molecule is CCC(C)C(=O)NCCl. The fourth-order valence-electron chi connectivity index (χ4n) is 0.425. The molecule has 0 rings (SSSR count). The van der Waals surface area contributed by atoms with Crippen LogP contribution in [0.3, 0.4) is 0 Å². The molecule has 0 bridgehead atoms. The van der Waals surface area contributed by atoms with E-state index in [4.69, 9.17) is 11.6 Å². The minimum absolute atomic E-state index is 0.0347. The van der Waals surface area contributed by atoms with Gasteiger partial charge in [0.25, 0.3) is 0 Å². The molecule has 3 heteroatoms. The number of rotatable bonds is 3. The number of hydrogen-bond donors (Lipinski definition) is 1. The van der Waals surface area contributed by atoms with E-state index in [1.165, 1.54) is 0 Å². The molecule has 9 heavy (non-hydrogen) atoms. The predicted octanol–water partition coefficient (Wildman–Crippen LogP) is 1.34. The van der Waals surface area contributed by atoms with E-state index >= 15 is 0 Å². The first-order valence-corrected chi connectivity index (χ1v) is 3.59. The van der Waals surface area contributed by atoms with Crippen LogP contribution in [0, 0.1) is 5.92 Å². The average molecular weight is 150 g/mol. The van der Waals surface area contributed by atoms with Crippen LogP contribution in [0.5, 0.6) is 0 Å². The summed E-state index contributed by atoms with van der Waals surface area (Å²) in [6, 6.07) is 0.211. The van der Waals surface area contributed by atoms with Crippen molar-refractivity contribution in [3.05, 3.63) is 0 Å². The zero-order valence-corrected chi connectivity index (χ0v) is 6.53. The molecule has 2 nitrogen and oxygen atoms in total. The maximum absolute atomic E-state index is 10.8. The Balaban J connectivity index is 3.46. The quantitative estimate of drug-likeness (QED) is 0.476. The number of carbonyl (C=O) groups excluding carboxylic acids is 1. The van der Waals surface area contributed by atoms with Crippen LogP contribution >= 0.6 is 11.6 Å². The van der Waals surface area contributed by atoms with Gasteiger partial charge in [0.05, 0.1) is 6.00 Å². The third kappa shape index (κ3) is 3.36. The van der Waals surface area contributed by atoms with E-state index in [1.807, 2.05) is 13.8 Å². The number of carbonyl (C=O) groups is 1. The summed E-state index contributed by atoms with van der Waals surface area (Å²) in [5, 5.41) is 2.52. The lowest BCUT2D eigenvalue weighted by Crippen LogP contribution is -2.27. The van der Waals surface area contributed by atoms with Gasteiger partial charge in [-0.15, -0.1) is 11.6 Å². The third-order valence-corrected chi connectivity index (χ3v) is 1.43. The fourth-order valence-corrected chi connectivity index (χ4v) is 0.557. The molecule has 1 N–H and O–H groups in total. The largest absolute Gasteiger partial charge is 0.342 e. The van der Waals surface area contributed by atoms with Crippen LogP contribution in [0.4, 0.5) is 0 Å². The summed E-state index contributed by atoms with van der Waals surface area (Å²) >= 11 is 5.27. The summed E-state index contributed by atoms with van der Waals surface area (Å²) in [5.41, 5.74) is 0. The zero-order chi connectivity index (χ0) is 7.28. The Bertz CT molecular complexity index is 95.1. The Morgan fingerprint density at radius 2 is 2.33 bits per heavy atom. The normalized spacial score (nSPS) is 12.8. The van der Waals surface area contributed by atoms with Crippen LogP contribution < -0.4 is 5.32 Å². The Morgan fingerprint density at radius 1 is 1.78 bits per heavy atom. The number of amides is 1. The number of nitrogens with one attached hydrogen (secondary N) is 1. The van der Waals surface area contributed by atoms with Gasteiger partial charge >= 0.3 is 0 Å². The van der Waals surface area contributed by atoms with E-state index in [2.05, 4.69) is 5.32 Å². The minimum Gasteiger partial charge on any atom is -0.342 e. The van der Waals surface area contributed by atoms with Crippen molar-refractivity contribution < 1.29 is 4.79 Å². The van der Waals surface area contributed by atoms with Crippen LogP contribution in [0.15, 0.2) is 0 Å². The first-order chi connectivity index (χ1) is 4.22. The monoisotopic (exact) mass is 149 g/mol. The molecule has 1 atom stereocenters. The smallest absolute Gasteiger partial charge is 0.223 e. The molecule has 0 radical (unpaired) electrons. The van der Waals surface area contributed by atoms with Gasteiger partial charge in [0.2, 0.25) is 5.91 Å². The molecule has 0 aliphatic heterocycles. The van der Waals surface area contributed by atoms with Crippen LogP contribution in [0.1, 0.15) is 20.3 Å². The number of alkyl halides is 1. The predicted molar refractivity (Wildman–Crippen MR) is 38.3 cm³/mol. The van der Waals surface area contributed by atoms with Crippen molar-refractivity contribution >= 4 is 17.5 Å². The molecule has 0 aliphatic rings. The zero-order valence-electron chi connectivity index (χ0n) is 5.78. The van der Waals surface area contributed by atoms with E-state index in [9.17, 15) is 4.79 Å². The van der Waals surface area contributed by atoms with Crippen molar-refractivity contribution in [2.24, 2.45) is 5.92 Å². The molecule has 0 aromatic rings. The Kier molecular flexibility index (Phi) is 4.50. The lowest BCUT2D eigenvalue weighted by atomic mass is 10.1. The van der Waals surface area contributed by atoms with Gasteiger partial charge in [-0.25, -0.2) is 0 Å². The van der Waals surface area contributed by atoms with E-state index in [-0.39, 0.29) is 17.8 Å². The molecular weight excluding hydrogens is 138 g/mol. The Hall–Kier alpha value is -0.240. The van der Waals surface area contributed by atoms with Crippen molar-refractivity contribution in [2.75, 3.05) is 6.00 Å². The molecular formula is C6H12ClNO. The highest BCUT2D eigenvalue weighted by atomic mass is 35.5. The Morgan fingerprint density at radius 3 is 2.67 bits per heavy atom. The summed E-state index contributed by atoms with van der Waals surface area (Å²) in [6.45, 7) is 3.85. The lowest BCUT2D eigenvalue weighted by Gasteiger charge is -2.05. The van der Waals surface area contributed by atoms with E-state index in [1.54, 1.807) is 0 Å². The summed E-state index contributed by atoms with van der Waals surface area (Å²) in [7, 11) is 0. The second-order valence-electron chi connectivity index (χ2n) is 1.98. The molecule has 1 unspecified atom stereocenters. The molecule has 0 heterocycles.